The summed E-state index contributed by atoms with van der Waals surface area (Å²) in [7, 11) is 0. The molecule has 0 saturated heterocycles. The van der Waals surface area contributed by atoms with Crippen molar-refractivity contribution in [1.82, 2.24) is 0 Å². The van der Waals surface area contributed by atoms with E-state index in [0.717, 1.165) is 81.3 Å². The van der Waals surface area contributed by atoms with E-state index in [1.165, 1.54) is 6.92 Å². The van der Waals surface area contributed by atoms with E-state index in [1.54, 1.807) is 17.8 Å². The first-order valence-electron chi connectivity index (χ1n) is 22.5. The quantitative estimate of drug-likeness (QED) is 0.0402. The van der Waals surface area contributed by atoms with Crippen molar-refractivity contribution in [3.63, 3.8) is 0 Å². The summed E-state index contributed by atoms with van der Waals surface area (Å²) in [5, 5.41) is 27.5. The number of carbonyl (C=O) groups is 1. The van der Waals surface area contributed by atoms with Crippen LogP contribution in [0, 0.1) is 17.8 Å². The van der Waals surface area contributed by atoms with Gasteiger partial charge in [-0.1, -0.05) is 103 Å². The normalized spacial score (nSPS) is 22.6. The van der Waals surface area contributed by atoms with Crippen LogP contribution in [0.1, 0.15) is 68.9 Å². The number of nitrogens with zero attached hydrogens (tertiary/aromatic N) is 1. The summed E-state index contributed by atoms with van der Waals surface area (Å²) in [6.45, 7) is 6.42. The number of oxime groups is 1. The minimum atomic E-state index is -1.15. The molecule has 0 aromatic heterocycles. The first-order valence-corrected chi connectivity index (χ1v) is 23.4. The molecule has 3 N–H and O–H groups in total. The molecule has 3 aliphatic rings. The van der Waals surface area contributed by atoms with Crippen molar-refractivity contribution in [2.45, 2.75) is 80.3 Å². The number of unbranched alkanes of at least 4 members (excludes halogenated alkanes) is 2. The molecule has 64 heavy (non-hydrogen) atoms. The van der Waals surface area contributed by atoms with E-state index < -0.39 is 5.79 Å². The zero-order valence-electron chi connectivity index (χ0n) is 36.4. The van der Waals surface area contributed by atoms with E-state index in [1.807, 2.05) is 97.1 Å². The first kappa shape index (κ1) is 44.9. The van der Waals surface area contributed by atoms with E-state index >= 15 is 0 Å². The van der Waals surface area contributed by atoms with E-state index in [2.05, 4.69) is 48.3 Å². The Balaban J connectivity index is 1.25. The highest BCUT2D eigenvalue weighted by atomic mass is 32.2. The van der Waals surface area contributed by atoms with Crippen molar-refractivity contribution in [2.75, 3.05) is 25.1 Å². The standard InChI is InChI=1S/C54H58N2O7S/c1-3-32-60-54-51(64-45-27-22-42(23-28-45)55-37(2)59)35-49(56-61-36-38-14-6-4-7-15-38)47-33-41(18-10-12-30-57)46(19-11-13-31-58)52(53(47)54)48-34-44(26-29-50(48)63-54)62-43-24-20-40(21-25-43)39-16-8-5-9-17-39/h3-9,14-17,20-29,33-34,41,46,51-53,57-58H,1,10-13,18-19,30-32,35-36H2,2H3,(H,55,59). The molecule has 5 aromatic rings. The lowest BCUT2D eigenvalue weighted by atomic mass is 9.56. The van der Waals surface area contributed by atoms with Gasteiger partial charge in [0.15, 0.2) is 0 Å². The number of hydrogen-bond acceptors (Lipinski definition) is 9. The fourth-order valence-corrected chi connectivity index (χ4v) is 11.0. The van der Waals surface area contributed by atoms with Gasteiger partial charge in [0.1, 0.15) is 23.9 Å². The number of allylic oxidation sites excluding steroid dienone is 1. The van der Waals surface area contributed by atoms with Crippen LogP contribution in [0.25, 0.3) is 11.1 Å². The topological polar surface area (TPSA) is 119 Å². The number of carbonyl (C=O) groups excluding carboxylic acids is 1. The van der Waals surface area contributed by atoms with Gasteiger partial charge in [0.05, 0.1) is 23.5 Å². The smallest absolute Gasteiger partial charge is 0.231 e. The molecule has 9 nitrogen and oxygen atoms in total. The summed E-state index contributed by atoms with van der Waals surface area (Å²) >= 11 is 1.67. The van der Waals surface area contributed by atoms with Crippen LogP contribution in [0.5, 0.6) is 17.2 Å². The Hall–Kier alpha value is -5.65. The highest BCUT2D eigenvalue weighted by Crippen LogP contribution is 2.63. The van der Waals surface area contributed by atoms with Crippen molar-refractivity contribution in [3.05, 3.63) is 163 Å². The number of benzene rings is 5. The predicted octanol–water partition coefficient (Wildman–Crippen LogP) is 11.7. The lowest BCUT2D eigenvalue weighted by molar-refractivity contribution is -0.223. The van der Waals surface area contributed by atoms with E-state index in [4.69, 9.17) is 24.2 Å². The van der Waals surface area contributed by atoms with Gasteiger partial charge in [0.25, 0.3) is 0 Å². The maximum atomic E-state index is 11.9. The zero-order valence-corrected chi connectivity index (χ0v) is 37.3. The lowest BCUT2D eigenvalue weighted by Crippen LogP contribution is -2.64. The van der Waals surface area contributed by atoms with Gasteiger partial charge in [0.2, 0.25) is 11.7 Å². The molecule has 1 heterocycles. The van der Waals surface area contributed by atoms with E-state index in [9.17, 15) is 15.0 Å². The van der Waals surface area contributed by atoms with Crippen molar-refractivity contribution in [3.8, 4) is 28.4 Å². The minimum Gasteiger partial charge on any atom is -0.460 e. The number of anilines is 1. The number of rotatable bonds is 20. The number of aliphatic hydroxyl groups excluding tert-OH is 2. The number of ether oxygens (including phenoxy) is 3. The van der Waals surface area contributed by atoms with E-state index in [-0.39, 0.29) is 54.6 Å². The third-order valence-electron chi connectivity index (χ3n) is 12.5. The lowest BCUT2D eigenvalue weighted by Gasteiger charge is -2.58. The van der Waals surface area contributed by atoms with Crippen LogP contribution in [0.2, 0.25) is 0 Å². The molecule has 6 unspecified atom stereocenters. The Bertz CT molecular complexity index is 2390. The molecule has 0 radical (unpaired) electrons. The van der Waals surface area contributed by atoms with Gasteiger partial charge in [-0.3, -0.25) is 4.79 Å². The van der Waals surface area contributed by atoms with Crippen LogP contribution in [0.15, 0.2) is 162 Å². The summed E-state index contributed by atoms with van der Waals surface area (Å²) in [6.07, 6.45) is 9.57. The molecule has 6 atom stereocenters. The van der Waals surface area contributed by atoms with Crippen LogP contribution in [-0.4, -0.2) is 52.7 Å². The third-order valence-corrected chi connectivity index (χ3v) is 13.8. The van der Waals surface area contributed by atoms with Crippen LogP contribution < -0.4 is 14.8 Å². The summed E-state index contributed by atoms with van der Waals surface area (Å²) in [5.41, 5.74) is 6.95. The monoisotopic (exact) mass is 878 g/mol. The molecule has 2 aliphatic carbocycles. The number of hydrogen-bond donors (Lipinski definition) is 3. The van der Waals surface area contributed by atoms with Gasteiger partial charge in [-0.25, -0.2) is 0 Å². The maximum absolute atomic E-state index is 11.9. The Morgan fingerprint density at radius 2 is 1.55 bits per heavy atom. The predicted molar refractivity (Wildman–Crippen MR) is 255 cm³/mol. The molecule has 8 rings (SSSR count). The molecule has 1 aliphatic heterocycles. The van der Waals surface area contributed by atoms with Gasteiger partial charge in [-0.2, -0.15) is 0 Å². The Morgan fingerprint density at radius 3 is 2.25 bits per heavy atom. The molecular formula is C54H58N2O7S. The molecule has 10 heteroatoms. The van der Waals surface area contributed by atoms with Crippen LogP contribution in [-0.2, 0) is 21.0 Å². The number of aliphatic hydroxyl groups is 2. The van der Waals surface area contributed by atoms with Crippen molar-refractivity contribution >= 4 is 29.1 Å². The second-order valence-electron chi connectivity index (χ2n) is 16.8. The average molecular weight is 879 g/mol. The molecule has 0 spiro atoms. The first-order chi connectivity index (χ1) is 31.4. The van der Waals surface area contributed by atoms with Crippen molar-refractivity contribution < 1.29 is 34.1 Å². The highest BCUT2D eigenvalue weighted by Gasteiger charge is 2.64. The third kappa shape index (κ3) is 10.3. The van der Waals surface area contributed by atoms with Gasteiger partial charge in [0, 0.05) is 48.6 Å². The molecule has 1 saturated carbocycles. The van der Waals surface area contributed by atoms with Crippen LogP contribution in [0.3, 0.4) is 0 Å². The largest absolute Gasteiger partial charge is 0.460 e. The van der Waals surface area contributed by atoms with Gasteiger partial charge < -0.3 is 34.6 Å². The number of amides is 1. The summed E-state index contributed by atoms with van der Waals surface area (Å²) in [5.74, 6) is 0.773. The maximum Gasteiger partial charge on any atom is 0.231 e. The Kier molecular flexibility index (Phi) is 15.0. The molecule has 1 fully saturated rings. The molecule has 1 amide bonds. The van der Waals surface area contributed by atoms with Gasteiger partial charge in [-0.05, 0) is 114 Å². The zero-order chi connectivity index (χ0) is 44.3. The number of thioether (sulfide) groups is 1. The minimum absolute atomic E-state index is 0.0970. The fraction of sp³-hybridized carbons (Fsp3) is 0.333. The second-order valence-corrected chi connectivity index (χ2v) is 18.1. The molecule has 332 valence electrons. The van der Waals surface area contributed by atoms with E-state index in [0.29, 0.717) is 31.6 Å². The van der Waals surface area contributed by atoms with Gasteiger partial charge in [-0.15, -0.1) is 18.3 Å². The molecular weight excluding hydrogens is 821 g/mol. The Labute approximate surface area is 381 Å². The molecule has 0 bridgehead atoms. The van der Waals surface area contributed by atoms with Crippen LogP contribution >= 0.6 is 11.8 Å². The SMILES string of the molecule is C=CCOC12Oc3ccc(Oc4ccc(-c5ccccc5)cc4)cc3C3C(CCCCO)C(CCCCO)C=C(C(=NOCc4ccccc4)CC1Sc1ccc(NC(C)=O)cc1)C32. The molecule has 5 aromatic carbocycles. The number of nitrogens with one attached hydrogen (secondary N) is 1. The second kappa shape index (κ2) is 21.4. The number of fused-ring (bicyclic) bond motifs is 2. The summed E-state index contributed by atoms with van der Waals surface area (Å²) in [4.78, 5) is 19.1. The highest BCUT2D eigenvalue weighted by molar-refractivity contribution is 8.00. The van der Waals surface area contributed by atoms with Crippen molar-refractivity contribution in [2.24, 2.45) is 22.9 Å². The Morgan fingerprint density at radius 1 is 0.859 bits per heavy atom. The van der Waals surface area contributed by atoms with Gasteiger partial charge >= 0.3 is 0 Å². The summed E-state index contributed by atoms with van der Waals surface area (Å²) in [6, 6.07) is 42.5. The average Bonchev–Trinajstić information content (AvgIpc) is 3.31. The summed E-state index contributed by atoms with van der Waals surface area (Å²) < 4.78 is 21.2. The van der Waals surface area contributed by atoms with Crippen molar-refractivity contribution in [1.29, 1.82) is 0 Å². The van der Waals surface area contributed by atoms with Crippen LogP contribution in [0.4, 0.5) is 5.69 Å². The fourth-order valence-electron chi connectivity index (χ4n) is 9.71.